The maximum atomic E-state index is 5.65. The van der Waals surface area contributed by atoms with Crippen molar-refractivity contribution in [1.82, 2.24) is 4.98 Å². The summed E-state index contributed by atoms with van der Waals surface area (Å²) in [6, 6.07) is 16.1. The topological polar surface area (TPSA) is 26.0 Å². The third-order valence-corrected chi connectivity index (χ3v) is 3.13. The molecule has 0 N–H and O–H groups in total. The molecule has 0 saturated carbocycles. The summed E-state index contributed by atoms with van der Waals surface area (Å²) in [4.78, 5) is 4.68. The van der Waals surface area contributed by atoms with Crippen molar-refractivity contribution < 1.29 is 4.42 Å². The van der Waals surface area contributed by atoms with E-state index in [-0.39, 0.29) is 0 Å². The maximum Gasteiger partial charge on any atom is 0.135 e. The van der Waals surface area contributed by atoms with Gasteiger partial charge in [-0.25, -0.2) is 4.98 Å². The fourth-order valence-corrected chi connectivity index (χ4v) is 2.32. The highest BCUT2D eigenvalue weighted by Crippen LogP contribution is 2.35. The molecule has 0 aliphatic carbocycles. The highest BCUT2D eigenvalue weighted by molar-refractivity contribution is 6.05. The molecule has 0 saturated heterocycles. The SMILES string of the molecule is c1ccc2c3coc4ccccc4c-3nc2c1. The molecule has 0 unspecified atom stereocenters. The van der Waals surface area contributed by atoms with Crippen molar-refractivity contribution in [3.05, 3.63) is 54.8 Å². The van der Waals surface area contributed by atoms with Gasteiger partial charge in [-0.05, 0) is 18.2 Å². The highest BCUT2D eigenvalue weighted by atomic mass is 16.3. The smallest absolute Gasteiger partial charge is 0.135 e. The average molecular weight is 219 g/mol. The van der Waals surface area contributed by atoms with Crippen LogP contribution in [-0.4, -0.2) is 4.98 Å². The zero-order chi connectivity index (χ0) is 11.2. The van der Waals surface area contributed by atoms with Crippen LogP contribution in [0, 0.1) is 0 Å². The van der Waals surface area contributed by atoms with Crippen molar-refractivity contribution in [3.63, 3.8) is 0 Å². The summed E-state index contributed by atoms with van der Waals surface area (Å²) in [6.45, 7) is 0. The Morgan fingerprint density at radius 2 is 1.59 bits per heavy atom. The standard InChI is InChI=1S/C15H9NO/c1-3-7-13-10(5-1)12-9-17-14-8-4-2-6-11(14)15(12)16-13/h1-9H. The fraction of sp³-hybridized carbons (Fsp3) is 0. The third kappa shape index (κ3) is 1.12. The van der Waals surface area contributed by atoms with E-state index in [2.05, 4.69) is 11.1 Å². The number of benzene rings is 2. The van der Waals surface area contributed by atoms with Crippen LogP contribution in [0.15, 0.2) is 59.2 Å². The number of hydrogen-bond acceptors (Lipinski definition) is 2. The fourth-order valence-electron chi connectivity index (χ4n) is 2.32. The van der Waals surface area contributed by atoms with Gasteiger partial charge in [0.15, 0.2) is 0 Å². The van der Waals surface area contributed by atoms with E-state index in [1.807, 2.05) is 42.5 Å². The Morgan fingerprint density at radius 3 is 2.53 bits per heavy atom. The second-order valence-corrected chi connectivity index (χ2v) is 4.12. The minimum Gasteiger partial charge on any atom is -0.464 e. The Bertz CT molecular complexity index is 800. The van der Waals surface area contributed by atoms with E-state index in [9.17, 15) is 0 Å². The van der Waals surface area contributed by atoms with Gasteiger partial charge in [0.25, 0.3) is 0 Å². The summed E-state index contributed by atoms with van der Waals surface area (Å²) in [5.41, 5.74) is 4.00. The van der Waals surface area contributed by atoms with Gasteiger partial charge in [-0.2, -0.15) is 0 Å². The molecular formula is C15H9NO. The zero-order valence-electron chi connectivity index (χ0n) is 9.05. The highest BCUT2D eigenvalue weighted by Gasteiger charge is 2.15. The van der Waals surface area contributed by atoms with Crippen LogP contribution in [-0.2, 0) is 0 Å². The third-order valence-electron chi connectivity index (χ3n) is 3.13. The van der Waals surface area contributed by atoms with Crippen LogP contribution in [0.3, 0.4) is 0 Å². The molecule has 80 valence electrons. The maximum absolute atomic E-state index is 5.65. The Morgan fingerprint density at radius 1 is 0.824 bits per heavy atom. The molecule has 0 aromatic heterocycles. The largest absolute Gasteiger partial charge is 0.464 e. The van der Waals surface area contributed by atoms with E-state index in [1.165, 1.54) is 0 Å². The second kappa shape index (κ2) is 3.08. The lowest BCUT2D eigenvalue weighted by Gasteiger charge is -2.02. The summed E-state index contributed by atoms with van der Waals surface area (Å²) >= 11 is 0. The van der Waals surface area contributed by atoms with Crippen LogP contribution in [0.2, 0.25) is 0 Å². The number of fused-ring (bicyclic) bond motifs is 5. The van der Waals surface area contributed by atoms with E-state index in [0.29, 0.717) is 0 Å². The van der Waals surface area contributed by atoms with Crippen LogP contribution in [0.1, 0.15) is 0 Å². The van der Waals surface area contributed by atoms with E-state index < -0.39 is 0 Å². The van der Waals surface area contributed by atoms with E-state index in [4.69, 9.17) is 4.42 Å². The van der Waals surface area contributed by atoms with Gasteiger partial charge >= 0.3 is 0 Å². The number of aromatic nitrogens is 1. The van der Waals surface area contributed by atoms with E-state index in [0.717, 1.165) is 33.1 Å². The molecule has 17 heavy (non-hydrogen) atoms. The van der Waals surface area contributed by atoms with Gasteiger partial charge in [-0.3, -0.25) is 0 Å². The van der Waals surface area contributed by atoms with Crippen molar-refractivity contribution in [2.45, 2.75) is 0 Å². The molecule has 2 aromatic rings. The van der Waals surface area contributed by atoms with Crippen molar-refractivity contribution in [3.8, 4) is 11.3 Å². The van der Waals surface area contributed by atoms with E-state index in [1.54, 1.807) is 6.26 Å². The van der Waals surface area contributed by atoms with Crippen molar-refractivity contribution in [2.75, 3.05) is 0 Å². The zero-order valence-corrected chi connectivity index (χ0v) is 9.05. The van der Waals surface area contributed by atoms with Gasteiger partial charge in [0.1, 0.15) is 11.8 Å². The molecule has 2 aromatic carbocycles. The first-order valence-corrected chi connectivity index (χ1v) is 5.58. The van der Waals surface area contributed by atoms with Gasteiger partial charge in [-0.15, -0.1) is 0 Å². The molecule has 0 atom stereocenters. The Hall–Kier alpha value is -2.35. The average Bonchev–Trinajstić information content (AvgIpc) is 2.78. The molecule has 2 heterocycles. The molecule has 0 amide bonds. The first-order valence-electron chi connectivity index (χ1n) is 5.58. The van der Waals surface area contributed by atoms with Crippen LogP contribution in [0.5, 0.6) is 0 Å². The lowest BCUT2D eigenvalue weighted by Crippen LogP contribution is -1.80. The van der Waals surface area contributed by atoms with Gasteiger partial charge in [0, 0.05) is 16.3 Å². The summed E-state index contributed by atoms with van der Waals surface area (Å²) in [7, 11) is 0. The number of hydrogen-bond donors (Lipinski definition) is 0. The molecule has 2 nitrogen and oxygen atoms in total. The number of nitrogens with zero attached hydrogens (tertiary/aromatic N) is 1. The van der Waals surface area contributed by atoms with Crippen molar-refractivity contribution in [2.24, 2.45) is 0 Å². The number of para-hydroxylation sites is 2. The molecule has 0 bridgehead atoms. The molecular weight excluding hydrogens is 210 g/mol. The first kappa shape index (κ1) is 8.76. The minimum atomic E-state index is 0.878. The first-order chi connectivity index (χ1) is 8.43. The number of rotatable bonds is 0. The van der Waals surface area contributed by atoms with Crippen LogP contribution < -0.4 is 0 Å². The predicted molar refractivity (Wildman–Crippen MR) is 68.1 cm³/mol. The molecule has 0 radical (unpaired) electrons. The van der Waals surface area contributed by atoms with Crippen molar-refractivity contribution in [1.29, 1.82) is 0 Å². The summed E-state index contributed by atoms with van der Waals surface area (Å²) in [5.74, 6) is 0. The van der Waals surface area contributed by atoms with Gasteiger partial charge < -0.3 is 4.42 Å². The summed E-state index contributed by atoms with van der Waals surface area (Å²) in [6.07, 6.45) is 1.80. The Kier molecular flexibility index (Phi) is 1.59. The van der Waals surface area contributed by atoms with Crippen molar-refractivity contribution >= 4 is 21.9 Å². The molecule has 4 rings (SSSR count). The molecule has 0 fully saturated rings. The van der Waals surface area contributed by atoms with E-state index >= 15 is 0 Å². The quantitative estimate of drug-likeness (QED) is 0.445. The minimum absolute atomic E-state index is 0.878. The summed E-state index contributed by atoms with van der Waals surface area (Å²) < 4.78 is 5.65. The Labute approximate surface area is 97.8 Å². The lowest BCUT2D eigenvalue weighted by atomic mass is 10.1. The second-order valence-electron chi connectivity index (χ2n) is 4.12. The van der Waals surface area contributed by atoms with Gasteiger partial charge in [-0.1, -0.05) is 30.3 Å². The predicted octanol–water partition coefficient (Wildman–Crippen LogP) is 4.09. The Balaban J connectivity index is 2.28. The molecule has 0 spiro atoms. The molecule has 2 heteroatoms. The molecule has 2 aliphatic rings. The lowest BCUT2D eigenvalue weighted by molar-refractivity contribution is 0.606. The normalized spacial score (nSPS) is 11.5. The van der Waals surface area contributed by atoms with Gasteiger partial charge in [0.05, 0.1) is 11.2 Å². The van der Waals surface area contributed by atoms with Crippen LogP contribution in [0.4, 0.5) is 0 Å². The van der Waals surface area contributed by atoms with Crippen LogP contribution in [0.25, 0.3) is 33.1 Å². The van der Waals surface area contributed by atoms with Gasteiger partial charge in [0.2, 0.25) is 0 Å². The monoisotopic (exact) mass is 219 g/mol. The van der Waals surface area contributed by atoms with Crippen LogP contribution >= 0.6 is 0 Å². The summed E-state index contributed by atoms with van der Waals surface area (Å²) in [5, 5.41) is 2.22. The molecule has 2 aliphatic heterocycles.